The van der Waals surface area contributed by atoms with E-state index in [1.54, 1.807) is 0 Å². The van der Waals surface area contributed by atoms with Crippen LogP contribution < -0.4 is 16.4 Å². The van der Waals surface area contributed by atoms with E-state index in [1.807, 2.05) is 6.92 Å². The number of carboxylic acid groups (broad SMARTS) is 1. The third-order valence-corrected chi connectivity index (χ3v) is 6.21. The molecule has 8 N–H and O–H groups in total. The number of aliphatic hydroxyl groups excluding tert-OH is 3. The van der Waals surface area contributed by atoms with Gasteiger partial charge in [-0.15, -0.1) is 0 Å². The minimum absolute atomic E-state index is 0.123. The van der Waals surface area contributed by atoms with Crippen molar-refractivity contribution in [2.75, 3.05) is 13.2 Å². The van der Waals surface area contributed by atoms with Gasteiger partial charge in [-0.3, -0.25) is 19.2 Å². The molecule has 224 valence electrons. The van der Waals surface area contributed by atoms with E-state index in [1.165, 1.54) is 13.8 Å². The number of rotatable bonds is 17. The number of hydrogen-bond donors (Lipinski definition) is 7. The number of Topliss-reactive ketones (excluding diaryl/α,β-unsaturated/α-hetero) is 1. The Morgan fingerprint density at radius 2 is 1.77 bits per heavy atom. The zero-order valence-corrected chi connectivity index (χ0v) is 22.4. The second-order valence-corrected chi connectivity index (χ2v) is 9.46. The van der Waals surface area contributed by atoms with Crippen molar-refractivity contribution < 1.29 is 58.6 Å². The van der Waals surface area contributed by atoms with Crippen LogP contribution in [-0.2, 0) is 33.4 Å². The number of nitrogens with one attached hydrogen (secondary N) is 2. The summed E-state index contributed by atoms with van der Waals surface area (Å²) in [7, 11) is 0. The summed E-state index contributed by atoms with van der Waals surface area (Å²) in [4.78, 5) is 59.8. The highest BCUT2D eigenvalue weighted by atomic mass is 16.6. The van der Waals surface area contributed by atoms with Crippen LogP contribution in [0.1, 0.15) is 59.3 Å². The van der Waals surface area contributed by atoms with E-state index in [-0.39, 0.29) is 19.4 Å². The van der Waals surface area contributed by atoms with Gasteiger partial charge in [0.2, 0.25) is 11.8 Å². The van der Waals surface area contributed by atoms with E-state index in [0.29, 0.717) is 6.42 Å². The van der Waals surface area contributed by atoms with Crippen LogP contribution in [0.5, 0.6) is 0 Å². The first-order valence-corrected chi connectivity index (χ1v) is 12.9. The summed E-state index contributed by atoms with van der Waals surface area (Å²) in [6, 6.07) is -2.59. The number of ketones is 1. The normalized spacial score (nSPS) is 25.1. The monoisotopic (exact) mass is 563 g/mol. The van der Waals surface area contributed by atoms with Gasteiger partial charge in [0.1, 0.15) is 36.5 Å². The Morgan fingerprint density at radius 3 is 2.33 bits per heavy atom. The van der Waals surface area contributed by atoms with Gasteiger partial charge in [-0.1, -0.05) is 26.7 Å². The second kappa shape index (κ2) is 17.0. The van der Waals surface area contributed by atoms with Gasteiger partial charge in [0, 0.05) is 18.8 Å². The highest BCUT2D eigenvalue weighted by Crippen LogP contribution is 2.24. The molecule has 0 aliphatic carbocycles. The molecular formula is C24H41N3O12. The molecule has 3 amide bonds. The van der Waals surface area contributed by atoms with Crippen LogP contribution in [0.4, 0.5) is 4.79 Å². The van der Waals surface area contributed by atoms with E-state index in [9.17, 15) is 39.3 Å². The van der Waals surface area contributed by atoms with Gasteiger partial charge in [-0.25, -0.2) is 4.79 Å². The number of amides is 3. The quantitative estimate of drug-likeness (QED) is 0.100. The molecule has 1 aliphatic heterocycles. The lowest BCUT2D eigenvalue weighted by molar-refractivity contribution is -0.265. The number of carbonyl (C=O) groups excluding carboxylic acids is 4. The minimum atomic E-state index is -1.71. The highest BCUT2D eigenvalue weighted by Gasteiger charge is 2.47. The Morgan fingerprint density at radius 1 is 1.10 bits per heavy atom. The molecule has 0 saturated carbocycles. The SMILES string of the molecule is CCCCCOC(=O)N[C@@H]1[C@@H](O[C@H](C)C(=O)C[C@@H](C)C(=O)N[C@H](CCC(=O)O)C(N)=O)[C@H](O)[C@@H](CO)O[C@@H]1O. The number of unbranched alkanes of at least 4 members (excludes halogenated alkanes) is 2. The highest BCUT2D eigenvalue weighted by molar-refractivity contribution is 5.91. The minimum Gasteiger partial charge on any atom is -0.481 e. The summed E-state index contributed by atoms with van der Waals surface area (Å²) in [5.74, 6) is -4.36. The first-order valence-electron chi connectivity index (χ1n) is 12.9. The van der Waals surface area contributed by atoms with Crippen LogP contribution in [-0.4, -0.2) is 106 Å². The largest absolute Gasteiger partial charge is 0.481 e. The van der Waals surface area contributed by atoms with Crippen molar-refractivity contribution in [2.24, 2.45) is 11.7 Å². The summed E-state index contributed by atoms with van der Waals surface area (Å²) < 4.78 is 15.9. The van der Waals surface area contributed by atoms with Gasteiger partial charge >= 0.3 is 12.1 Å². The Labute approximate surface area is 226 Å². The lowest BCUT2D eigenvalue weighted by atomic mass is 9.95. The fourth-order valence-corrected chi connectivity index (χ4v) is 3.83. The van der Waals surface area contributed by atoms with Crippen LogP contribution in [0.25, 0.3) is 0 Å². The number of nitrogens with two attached hydrogens (primary N) is 1. The van der Waals surface area contributed by atoms with E-state index >= 15 is 0 Å². The Bertz CT molecular complexity index is 841. The van der Waals surface area contributed by atoms with Gasteiger partial charge in [0.05, 0.1) is 13.2 Å². The molecule has 0 aromatic rings. The zero-order chi connectivity index (χ0) is 29.7. The van der Waals surface area contributed by atoms with Crippen molar-refractivity contribution in [3.63, 3.8) is 0 Å². The predicted octanol–water partition coefficient (Wildman–Crippen LogP) is -1.45. The van der Waals surface area contributed by atoms with Crippen molar-refractivity contribution in [1.82, 2.24) is 10.6 Å². The number of primary amides is 1. The molecule has 0 aromatic heterocycles. The predicted molar refractivity (Wildman–Crippen MR) is 133 cm³/mol. The standard InChI is InChI=1S/C24H41N3O12/c1-4-5-6-9-37-24(36)27-18-20(19(32)16(11-28)39-23(18)35)38-13(3)15(29)10-12(2)22(34)26-14(21(25)33)7-8-17(30)31/h12-14,16,18-20,23,28,32,35H,4-11H2,1-3H3,(H2,25,33)(H,26,34)(H,27,36)(H,30,31)/t12-,13-,14-,16-,18-,19-,20-,23+/m1/s1. The summed E-state index contributed by atoms with van der Waals surface area (Å²) in [5, 5.41) is 44.0. The fourth-order valence-electron chi connectivity index (χ4n) is 3.83. The van der Waals surface area contributed by atoms with Crippen molar-refractivity contribution >= 4 is 29.7 Å². The van der Waals surface area contributed by atoms with E-state index in [4.69, 9.17) is 25.1 Å². The lowest BCUT2D eigenvalue weighted by Crippen LogP contribution is -2.65. The third-order valence-electron chi connectivity index (χ3n) is 6.21. The number of aliphatic carboxylic acids is 1. The molecule has 15 nitrogen and oxygen atoms in total. The molecule has 1 heterocycles. The molecule has 15 heteroatoms. The second-order valence-electron chi connectivity index (χ2n) is 9.46. The van der Waals surface area contributed by atoms with Crippen molar-refractivity contribution in [3.05, 3.63) is 0 Å². The molecule has 0 radical (unpaired) electrons. The zero-order valence-electron chi connectivity index (χ0n) is 22.4. The first kappa shape index (κ1) is 34.2. The molecule has 1 saturated heterocycles. The van der Waals surface area contributed by atoms with Gasteiger partial charge in [0.15, 0.2) is 12.1 Å². The maximum atomic E-state index is 12.8. The first-order chi connectivity index (χ1) is 18.3. The van der Waals surface area contributed by atoms with Gasteiger partial charge in [-0.05, 0) is 19.8 Å². The third kappa shape index (κ3) is 11.4. The number of aliphatic hydroxyl groups is 3. The average Bonchev–Trinajstić information content (AvgIpc) is 2.87. The number of ether oxygens (including phenoxy) is 3. The number of hydrogen-bond acceptors (Lipinski definition) is 11. The molecule has 1 aliphatic rings. The summed E-state index contributed by atoms with van der Waals surface area (Å²) in [5.41, 5.74) is 5.22. The van der Waals surface area contributed by atoms with Gasteiger partial charge in [0.25, 0.3) is 0 Å². The Hall–Kier alpha value is -2.85. The number of alkyl carbamates (subject to hydrolysis) is 1. The molecular weight excluding hydrogens is 522 g/mol. The number of carboxylic acids is 1. The number of carbonyl (C=O) groups is 5. The van der Waals surface area contributed by atoms with Gasteiger partial charge < -0.3 is 51.0 Å². The Balaban J connectivity index is 2.84. The van der Waals surface area contributed by atoms with E-state index in [0.717, 1.165) is 12.8 Å². The average molecular weight is 564 g/mol. The molecule has 1 fully saturated rings. The molecule has 0 unspecified atom stereocenters. The fraction of sp³-hybridized carbons (Fsp3) is 0.792. The van der Waals surface area contributed by atoms with Gasteiger partial charge in [-0.2, -0.15) is 0 Å². The van der Waals surface area contributed by atoms with Crippen molar-refractivity contribution in [3.8, 4) is 0 Å². The topological polar surface area (TPSA) is 244 Å². The van der Waals surface area contributed by atoms with Crippen LogP contribution in [0.3, 0.4) is 0 Å². The van der Waals surface area contributed by atoms with Crippen LogP contribution in [0.2, 0.25) is 0 Å². The summed E-state index contributed by atoms with van der Waals surface area (Å²) in [6.07, 6.45) is -6.68. The van der Waals surface area contributed by atoms with E-state index in [2.05, 4.69) is 10.6 Å². The summed E-state index contributed by atoms with van der Waals surface area (Å²) in [6.45, 7) is 4.16. The van der Waals surface area contributed by atoms with E-state index < -0.39 is 91.4 Å². The molecule has 0 aromatic carbocycles. The summed E-state index contributed by atoms with van der Waals surface area (Å²) >= 11 is 0. The van der Waals surface area contributed by atoms with Crippen LogP contribution in [0, 0.1) is 5.92 Å². The molecule has 0 spiro atoms. The van der Waals surface area contributed by atoms with Crippen LogP contribution in [0.15, 0.2) is 0 Å². The van der Waals surface area contributed by atoms with Crippen LogP contribution >= 0.6 is 0 Å². The molecule has 39 heavy (non-hydrogen) atoms. The molecule has 1 rings (SSSR count). The van der Waals surface area contributed by atoms with Crippen molar-refractivity contribution in [2.45, 2.75) is 102 Å². The molecule has 8 atom stereocenters. The maximum absolute atomic E-state index is 12.8. The van der Waals surface area contributed by atoms with Crippen molar-refractivity contribution in [1.29, 1.82) is 0 Å². The lowest BCUT2D eigenvalue weighted by Gasteiger charge is -2.43. The maximum Gasteiger partial charge on any atom is 0.407 e. The Kier molecular flexibility index (Phi) is 14.9. The smallest absolute Gasteiger partial charge is 0.407 e. The molecule has 0 bridgehead atoms.